The molecule has 100 valence electrons. The lowest BCUT2D eigenvalue weighted by Gasteiger charge is -2.41. The Balaban J connectivity index is 1.89. The standard InChI is InChI=1S/C15H29NO/c1-15(2)8-6-12(7-9-15)14(16-3)13-5-4-10-17-11-13/h12-14,16H,4-11H2,1-3H3. The minimum Gasteiger partial charge on any atom is -0.381 e. The Morgan fingerprint density at radius 1 is 1.12 bits per heavy atom. The summed E-state index contributed by atoms with van der Waals surface area (Å²) in [5.74, 6) is 1.62. The van der Waals surface area contributed by atoms with Crippen molar-refractivity contribution >= 4 is 0 Å². The smallest absolute Gasteiger partial charge is 0.0509 e. The maximum Gasteiger partial charge on any atom is 0.0509 e. The maximum absolute atomic E-state index is 5.66. The normalized spacial score (nSPS) is 32.3. The van der Waals surface area contributed by atoms with Crippen LogP contribution >= 0.6 is 0 Å². The van der Waals surface area contributed by atoms with E-state index in [0.29, 0.717) is 11.5 Å². The van der Waals surface area contributed by atoms with Crippen molar-refractivity contribution in [2.45, 2.75) is 58.4 Å². The Hall–Kier alpha value is -0.0800. The first kappa shape index (κ1) is 13.4. The predicted octanol–water partition coefficient (Wildman–Crippen LogP) is 3.22. The summed E-state index contributed by atoms with van der Waals surface area (Å²) in [6.07, 6.45) is 8.18. The van der Waals surface area contributed by atoms with Crippen molar-refractivity contribution in [3.8, 4) is 0 Å². The van der Waals surface area contributed by atoms with Gasteiger partial charge in [-0.3, -0.25) is 0 Å². The van der Waals surface area contributed by atoms with Crippen LogP contribution in [0, 0.1) is 17.3 Å². The van der Waals surface area contributed by atoms with Gasteiger partial charge in [-0.25, -0.2) is 0 Å². The van der Waals surface area contributed by atoms with Crippen LogP contribution in [-0.4, -0.2) is 26.3 Å². The molecule has 2 rings (SSSR count). The molecule has 0 aromatic rings. The second-order valence-electron chi connectivity index (χ2n) is 6.79. The first-order valence-corrected chi connectivity index (χ1v) is 7.37. The number of hydrogen-bond acceptors (Lipinski definition) is 2. The Morgan fingerprint density at radius 3 is 2.35 bits per heavy atom. The summed E-state index contributed by atoms with van der Waals surface area (Å²) in [4.78, 5) is 0. The zero-order valence-electron chi connectivity index (χ0n) is 11.8. The van der Waals surface area contributed by atoms with E-state index in [1.54, 1.807) is 0 Å². The molecule has 2 fully saturated rings. The Morgan fingerprint density at radius 2 is 1.82 bits per heavy atom. The summed E-state index contributed by atoms with van der Waals surface area (Å²) in [5.41, 5.74) is 0.581. The number of ether oxygens (including phenoxy) is 1. The molecule has 1 aliphatic heterocycles. The van der Waals surface area contributed by atoms with Gasteiger partial charge >= 0.3 is 0 Å². The highest BCUT2D eigenvalue weighted by Gasteiger charge is 2.34. The van der Waals surface area contributed by atoms with Crippen LogP contribution in [0.15, 0.2) is 0 Å². The third kappa shape index (κ3) is 3.45. The number of rotatable bonds is 3. The molecule has 1 saturated carbocycles. The van der Waals surface area contributed by atoms with E-state index in [1.165, 1.54) is 38.5 Å². The summed E-state index contributed by atoms with van der Waals surface area (Å²) in [5, 5.41) is 3.59. The van der Waals surface area contributed by atoms with Crippen molar-refractivity contribution in [3.05, 3.63) is 0 Å². The van der Waals surface area contributed by atoms with Crippen molar-refractivity contribution in [1.82, 2.24) is 5.32 Å². The van der Waals surface area contributed by atoms with Gasteiger partial charge in [0.2, 0.25) is 0 Å². The van der Waals surface area contributed by atoms with Gasteiger partial charge in [-0.2, -0.15) is 0 Å². The fourth-order valence-corrected chi connectivity index (χ4v) is 3.69. The zero-order chi connectivity index (χ0) is 12.3. The van der Waals surface area contributed by atoms with E-state index in [9.17, 15) is 0 Å². The van der Waals surface area contributed by atoms with Crippen molar-refractivity contribution in [1.29, 1.82) is 0 Å². The largest absolute Gasteiger partial charge is 0.381 e. The zero-order valence-corrected chi connectivity index (χ0v) is 11.8. The Labute approximate surface area is 107 Å². The molecule has 0 spiro atoms. The molecule has 2 unspecified atom stereocenters. The van der Waals surface area contributed by atoms with Crippen LogP contribution < -0.4 is 5.32 Å². The average molecular weight is 239 g/mol. The highest BCUT2D eigenvalue weighted by atomic mass is 16.5. The SMILES string of the molecule is CNC(C1CCC(C)(C)CC1)C1CCCOC1. The van der Waals surface area contributed by atoms with Crippen LogP contribution in [0.1, 0.15) is 52.4 Å². The summed E-state index contributed by atoms with van der Waals surface area (Å²) in [6.45, 7) is 6.79. The number of nitrogens with one attached hydrogen (secondary N) is 1. The first-order chi connectivity index (χ1) is 8.12. The lowest BCUT2D eigenvalue weighted by atomic mass is 9.69. The van der Waals surface area contributed by atoms with E-state index >= 15 is 0 Å². The summed E-state index contributed by atoms with van der Waals surface area (Å²) < 4.78 is 5.66. The maximum atomic E-state index is 5.66. The molecule has 0 bridgehead atoms. The second kappa shape index (κ2) is 5.71. The number of hydrogen-bond donors (Lipinski definition) is 1. The van der Waals surface area contributed by atoms with Crippen LogP contribution in [0.2, 0.25) is 0 Å². The molecule has 1 heterocycles. The highest BCUT2D eigenvalue weighted by Crippen LogP contribution is 2.41. The molecule has 2 atom stereocenters. The highest BCUT2D eigenvalue weighted by molar-refractivity contribution is 4.88. The molecule has 2 aliphatic rings. The Bertz CT molecular complexity index is 223. The van der Waals surface area contributed by atoms with Crippen LogP contribution in [0.4, 0.5) is 0 Å². The van der Waals surface area contributed by atoms with Crippen molar-refractivity contribution < 1.29 is 4.74 Å². The molecular weight excluding hydrogens is 210 g/mol. The van der Waals surface area contributed by atoms with Crippen LogP contribution in [0.3, 0.4) is 0 Å². The van der Waals surface area contributed by atoms with Gasteiger partial charge in [-0.1, -0.05) is 13.8 Å². The van der Waals surface area contributed by atoms with Gasteiger partial charge in [0.1, 0.15) is 0 Å². The summed E-state index contributed by atoms with van der Waals surface area (Å²) in [7, 11) is 2.14. The van der Waals surface area contributed by atoms with Gasteiger partial charge in [0.15, 0.2) is 0 Å². The molecular formula is C15H29NO. The lowest BCUT2D eigenvalue weighted by molar-refractivity contribution is 0.0209. The topological polar surface area (TPSA) is 21.3 Å². The van der Waals surface area contributed by atoms with E-state index in [-0.39, 0.29) is 0 Å². The van der Waals surface area contributed by atoms with Crippen molar-refractivity contribution in [3.63, 3.8) is 0 Å². The van der Waals surface area contributed by atoms with E-state index in [0.717, 1.165) is 25.0 Å². The lowest BCUT2D eigenvalue weighted by Crippen LogP contribution is -2.45. The summed E-state index contributed by atoms with van der Waals surface area (Å²) in [6, 6.07) is 0.686. The van der Waals surface area contributed by atoms with Crippen molar-refractivity contribution in [2.24, 2.45) is 17.3 Å². The minimum atomic E-state index is 0.581. The third-order valence-corrected chi connectivity index (χ3v) is 4.93. The van der Waals surface area contributed by atoms with Crippen LogP contribution in [-0.2, 0) is 4.74 Å². The molecule has 0 aromatic carbocycles. The van der Waals surface area contributed by atoms with E-state index in [4.69, 9.17) is 4.74 Å². The fourth-order valence-electron chi connectivity index (χ4n) is 3.69. The quantitative estimate of drug-likeness (QED) is 0.816. The van der Waals surface area contributed by atoms with E-state index < -0.39 is 0 Å². The molecule has 17 heavy (non-hydrogen) atoms. The van der Waals surface area contributed by atoms with Crippen LogP contribution in [0.5, 0.6) is 0 Å². The van der Waals surface area contributed by atoms with Gasteiger partial charge in [0.25, 0.3) is 0 Å². The van der Waals surface area contributed by atoms with Gasteiger partial charge < -0.3 is 10.1 Å². The molecule has 0 aromatic heterocycles. The van der Waals surface area contributed by atoms with Gasteiger partial charge in [0.05, 0.1) is 6.61 Å². The van der Waals surface area contributed by atoms with Gasteiger partial charge in [0, 0.05) is 12.6 Å². The van der Waals surface area contributed by atoms with Crippen LogP contribution in [0.25, 0.3) is 0 Å². The molecule has 1 N–H and O–H groups in total. The molecule has 2 heteroatoms. The summed E-state index contributed by atoms with van der Waals surface area (Å²) >= 11 is 0. The van der Waals surface area contributed by atoms with E-state index in [1.807, 2.05) is 0 Å². The minimum absolute atomic E-state index is 0.581. The predicted molar refractivity (Wildman–Crippen MR) is 72.1 cm³/mol. The van der Waals surface area contributed by atoms with Crippen molar-refractivity contribution in [2.75, 3.05) is 20.3 Å². The van der Waals surface area contributed by atoms with Gasteiger partial charge in [-0.05, 0) is 62.8 Å². The molecule has 0 amide bonds. The second-order valence-corrected chi connectivity index (χ2v) is 6.79. The molecule has 1 aliphatic carbocycles. The van der Waals surface area contributed by atoms with Gasteiger partial charge in [-0.15, -0.1) is 0 Å². The Kier molecular flexibility index (Phi) is 4.48. The molecule has 2 nitrogen and oxygen atoms in total. The monoisotopic (exact) mass is 239 g/mol. The molecule has 1 saturated heterocycles. The fraction of sp³-hybridized carbons (Fsp3) is 1.00. The first-order valence-electron chi connectivity index (χ1n) is 7.37. The molecule has 0 radical (unpaired) electrons. The van der Waals surface area contributed by atoms with E-state index in [2.05, 4.69) is 26.2 Å². The average Bonchev–Trinajstić information content (AvgIpc) is 2.33. The third-order valence-electron chi connectivity index (χ3n) is 4.93.